The van der Waals surface area contributed by atoms with Gasteiger partial charge in [0.1, 0.15) is 17.3 Å². The van der Waals surface area contributed by atoms with Gasteiger partial charge in [-0.2, -0.15) is 0 Å². The van der Waals surface area contributed by atoms with Crippen LogP contribution in [-0.4, -0.2) is 20.4 Å². The fourth-order valence-corrected chi connectivity index (χ4v) is 3.56. The molecule has 0 saturated heterocycles. The Morgan fingerprint density at radius 2 is 1.83 bits per heavy atom. The Kier molecular flexibility index (Phi) is 4.84. The normalized spacial score (nSPS) is 11.0. The summed E-state index contributed by atoms with van der Waals surface area (Å²) in [6.07, 6.45) is 1.84. The third-order valence-electron chi connectivity index (χ3n) is 5.14. The molecular formula is C23H21FN4O. The molecule has 0 bridgehead atoms. The van der Waals surface area contributed by atoms with E-state index in [1.807, 2.05) is 45.2 Å². The number of rotatable bonds is 4. The molecule has 0 atom stereocenters. The standard InChI is InChI=1S/C23H21FN4O/c1-14-18-6-4-5-7-20(18)26-15(2)19(14)12-21(29)27-23-22(25-13-28(23)3)16-8-10-17(24)11-9-16/h4-11,13H,12H2,1-3H3,(H,27,29). The predicted octanol–water partition coefficient (Wildman–Crippen LogP) is 4.57. The molecule has 0 unspecified atom stereocenters. The van der Waals surface area contributed by atoms with E-state index in [9.17, 15) is 9.18 Å². The minimum Gasteiger partial charge on any atom is -0.320 e. The van der Waals surface area contributed by atoms with E-state index in [1.165, 1.54) is 12.1 Å². The monoisotopic (exact) mass is 388 g/mol. The summed E-state index contributed by atoms with van der Waals surface area (Å²) >= 11 is 0. The Bertz CT molecular complexity index is 1210. The summed E-state index contributed by atoms with van der Waals surface area (Å²) < 4.78 is 15.0. The third-order valence-corrected chi connectivity index (χ3v) is 5.14. The van der Waals surface area contributed by atoms with Crippen LogP contribution in [0.15, 0.2) is 54.9 Å². The van der Waals surface area contributed by atoms with Crippen LogP contribution >= 0.6 is 0 Å². The molecule has 0 aliphatic heterocycles. The average molecular weight is 388 g/mol. The Labute approximate surface area is 168 Å². The number of hydrogen-bond acceptors (Lipinski definition) is 3. The number of imidazole rings is 1. The van der Waals surface area contributed by atoms with E-state index < -0.39 is 0 Å². The molecule has 1 N–H and O–H groups in total. The fraction of sp³-hybridized carbons (Fsp3) is 0.174. The lowest BCUT2D eigenvalue weighted by molar-refractivity contribution is -0.115. The van der Waals surface area contributed by atoms with Crippen LogP contribution in [0.5, 0.6) is 0 Å². The number of nitrogens with zero attached hydrogens (tertiary/aromatic N) is 3. The number of amides is 1. The first-order valence-corrected chi connectivity index (χ1v) is 9.36. The van der Waals surface area contributed by atoms with E-state index in [0.717, 1.165) is 33.3 Å². The average Bonchev–Trinajstić information content (AvgIpc) is 3.06. The minimum atomic E-state index is -0.315. The molecule has 4 rings (SSSR count). The van der Waals surface area contributed by atoms with Crippen LogP contribution in [0.4, 0.5) is 10.2 Å². The molecule has 6 heteroatoms. The highest BCUT2D eigenvalue weighted by molar-refractivity contribution is 5.96. The van der Waals surface area contributed by atoms with Crippen molar-refractivity contribution in [3.63, 3.8) is 0 Å². The van der Waals surface area contributed by atoms with Crippen LogP contribution in [-0.2, 0) is 18.3 Å². The van der Waals surface area contributed by atoms with Gasteiger partial charge < -0.3 is 9.88 Å². The number of benzene rings is 2. The number of nitrogens with one attached hydrogen (secondary N) is 1. The Hall–Kier alpha value is -3.54. The van der Waals surface area contributed by atoms with Gasteiger partial charge in [-0.25, -0.2) is 9.37 Å². The van der Waals surface area contributed by atoms with Crippen LogP contribution in [0.25, 0.3) is 22.2 Å². The zero-order valence-corrected chi connectivity index (χ0v) is 16.5. The van der Waals surface area contributed by atoms with E-state index in [-0.39, 0.29) is 18.1 Å². The molecule has 0 saturated carbocycles. The van der Waals surface area contributed by atoms with Crippen LogP contribution in [0, 0.1) is 19.7 Å². The largest absolute Gasteiger partial charge is 0.320 e. The molecule has 2 heterocycles. The van der Waals surface area contributed by atoms with Gasteiger partial charge in [0.05, 0.1) is 18.3 Å². The molecule has 0 fully saturated rings. The van der Waals surface area contributed by atoms with Gasteiger partial charge in [-0.1, -0.05) is 18.2 Å². The van der Waals surface area contributed by atoms with Gasteiger partial charge in [0, 0.05) is 23.7 Å². The summed E-state index contributed by atoms with van der Waals surface area (Å²) in [5.41, 5.74) is 5.10. The molecule has 2 aromatic heterocycles. The first kappa shape index (κ1) is 18.8. The Morgan fingerprint density at radius 1 is 1.10 bits per heavy atom. The minimum absolute atomic E-state index is 0.153. The van der Waals surface area contributed by atoms with Crippen LogP contribution in [0.1, 0.15) is 16.8 Å². The number of anilines is 1. The molecule has 29 heavy (non-hydrogen) atoms. The number of carbonyl (C=O) groups is 1. The summed E-state index contributed by atoms with van der Waals surface area (Å²) in [5.74, 6) is 0.107. The van der Waals surface area contributed by atoms with Crippen LogP contribution in [0.3, 0.4) is 0 Å². The van der Waals surface area contributed by atoms with E-state index in [1.54, 1.807) is 23.0 Å². The van der Waals surface area contributed by atoms with Gasteiger partial charge in [-0.15, -0.1) is 0 Å². The molecule has 0 aliphatic rings. The fourth-order valence-electron chi connectivity index (χ4n) is 3.56. The quantitative estimate of drug-likeness (QED) is 0.557. The smallest absolute Gasteiger partial charge is 0.230 e. The van der Waals surface area contributed by atoms with Crippen LogP contribution in [0.2, 0.25) is 0 Å². The molecule has 4 aromatic rings. The highest BCUT2D eigenvalue weighted by Gasteiger charge is 2.17. The topological polar surface area (TPSA) is 59.8 Å². The predicted molar refractivity (Wildman–Crippen MR) is 112 cm³/mol. The molecule has 146 valence electrons. The molecule has 2 aromatic carbocycles. The molecule has 0 radical (unpaired) electrons. The SMILES string of the molecule is Cc1nc2ccccc2c(C)c1CC(=O)Nc1c(-c2ccc(F)cc2)ncn1C. The second-order valence-corrected chi connectivity index (χ2v) is 7.10. The van der Waals surface area contributed by atoms with Crippen molar-refractivity contribution in [2.45, 2.75) is 20.3 Å². The first-order chi connectivity index (χ1) is 13.9. The maximum Gasteiger partial charge on any atom is 0.230 e. The van der Waals surface area contributed by atoms with Crippen molar-refractivity contribution in [3.8, 4) is 11.3 Å². The molecule has 0 spiro atoms. The number of aryl methyl sites for hydroxylation is 3. The number of pyridine rings is 1. The van der Waals surface area contributed by atoms with Crippen molar-refractivity contribution < 1.29 is 9.18 Å². The van der Waals surface area contributed by atoms with Gasteiger partial charge in [0.2, 0.25) is 5.91 Å². The van der Waals surface area contributed by atoms with Gasteiger partial charge in [0.15, 0.2) is 0 Å². The molecular weight excluding hydrogens is 367 g/mol. The highest BCUT2D eigenvalue weighted by Crippen LogP contribution is 2.27. The van der Waals surface area contributed by atoms with Crippen molar-refractivity contribution in [3.05, 3.63) is 77.5 Å². The first-order valence-electron chi connectivity index (χ1n) is 9.36. The summed E-state index contributed by atoms with van der Waals surface area (Å²) in [6, 6.07) is 14.0. The van der Waals surface area contributed by atoms with Gasteiger partial charge in [0.25, 0.3) is 0 Å². The third kappa shape index (κ3) is 3.61. The van der Waals surface area contributed by atoms with Gasteiger partial charge in [-0.05, 0) is 55.3 Å². The van der Waals surface area contributed by atoms with Gasteiger partial charge >= 0.3 is 0 Å². The summed E-state index contributed by atoms with van der Waals surface area (Å²) in [7, 11) is 1.81. The maximum atomic E-state index is 13.2. The lowest BCUT2D eigenvalue weighted by atomic mass is 9.99. The van der Waals surface area contributed by atoms with Crippen molar-refractivity contribution in [1.82, 2.24) is 14.5 Å². The lowest BCUT2D eigenvalue weighted by Gasteiger charge is -2.13. The van der Waals surface area contributed by atoms with Crippen molar-refractivity contribution >= 4 is 22.6 Å². The Morgan fingerprint density at radius 3 is 2.59 bits per heavy atom. The van der Waals surface area contributed by atoms with Crippen molar-refractivity contribution in [2.24, 2.45) is 7.05 Å². The van der Waals surface area contributed by atoms with E-state index in [2.05, 4.69) is 15.3 Å². The number of hydrogen-bond donors (Lipinski definition) is 1. The van der Waals surface area contributed by atoms with Crippen molar-refractivity contribution in [1.29, 1.82) is 0 Å². The molecule has 0 aliphatic carbocycles. The zero-order chi connectivity index (χ0) is 20.5. The summed E-state index contributed by atoms with van der Waals surface area (Å²) in [4.78, 5) is 21.9. The second kappa shape index (κ2) is 7.47. The van der Waals surface area contributed by atoms with E-state index in [4.69, 9.17) is 0 Å². The lowest BCUT2D eigenvalue weighted by Crippen LogP contribution is -2.18. The van der Waals surface area contributed by atoms with Gasteiger partial charge in [-0.3, -0.25) is 9.78 Å². The number of aromatic nitrogens is 3. The van der Waals surface area contributed by atoms with Crippen molar-refractivity contribution in [2.75, 3.05) is 5.32 Å². The number of halogens is 1. The maximum absolute atomic E-state index is 13.2. The van der Waals surface area contributed by atoms with E-state index >= 15 is 0 Å². The molecule has 5 nitrogen and oxygen atoms in total. The zero-order valence-electron chi connectivity index (χ0n) is 16.5. The summed E-state index contributed by atoms with van der Waals surface area (Å²) in [5, 5.41) is 4.01. The number of para-hydroxylation sites is 1. The second-order valence-electron chi connectivity index (χ2n) is 7.10. The molecule has 1 amide bonds. The Balaban J connectivity index is 1.63. The van der Waals surface area contributed by atoms with Crippen LogP contribution < -0.4 is 5.32 Å². The van der Waals surface area contributed by atoms with E-state index in [0.29, 0.717) is 11.5 Å². The highest BCUT2D eigenvalue weighted by atomic mass is 19.1. The summed E-state index contributed by atoms with van der Waals surface area (Å²) in [6.45, 7) is 3.95. The number of carbonyl (C=O) groups excluding carboxylic acids is 1. The number of fused-ring (bicyclic) bond motifs is 1.